The van der Waals surface area contributed by atoms with Crippen LogP contribution < -0.4 is 5.73 Å². The molecule has 2 aromatic rings. The number of halogens is 5. The van der Waals surface area contributed by atoms with Crippen LogP contribution in [0.5, 0.6) is 0 Å². The van der Waals surface area contributed by atoms with Crippen LogP contribution in [0.25, 0.3) is 11.3 Å². The molecule has 2 rings (SSSR count). The van der Waals surface area contributed by atoms with Gasteiger partial charge in [-0.1, -0.05) is 23.2 Å². The van der Waals surface area contributed by atoms with Crippen LogP contribution in [-0.2, 0) is 0 Å². The van der Waals surface area contributed by atoms with Crippen LogP contribution in [0.1, 0.15) is 12.1 Å². The average molecular weight is 308 g/mol. The van der Waals surface area contributed by atoms with Gasteiger partial charge in [-0.05, 0) is 12.1 Å². The third-order valence-corrected chi connectivity index (χ3v) is 3.06. The Labute approximate surface area is 116 Å². The highest BCUT2D eigenvalue weighted by Gasteiger charge is 2.20. The summed E-state index contributed by atoms with van der Waals surface area (Å²) < 4.78 is 39.1. The molecule has 2 N–H and O–H groups in total. The highest BCUT2D eigenvalue weighted by atomic mass is 35.5. The van der Waals surface area contributed by atoms with Crippen LogP contribution in [0.4, 0.5) is 18.9 Å². The van der Waals surface area contributed by atoms with E-state index in [4.69, 9.17) is 28.9 Å². The van der Waals surface area contributed by atoms with Crippen LogP contribution >= 0.6 is 23.2 Å². The largest absolute Gasteiger partial charge is 0.398 e. The Morgan fingerprint density at radius 3 is 2.47 bits per heavy atom. The molecule has 0 saturated heterocycles. The fraction of sp³-hybridized carbons (Fsp3) is 0.0909. The molecule has 1 heterocycles. The Balaban J connectivity index is 2.66. The summed E-state index contributed by atoms with van der Waals surface area (Å²) in [6.45, 7) is 0. The quantitative estimate of drug-likeness (QED) is 0.849. The summed E-state index contributed by atoms with van der Waals surface area (Å²) in [7, 11) is 0. The van der Waals surface area contributed by atoms with Gasteiger partial charge in [0.25, 0.3) is 6.43 Å². The summed E-state index contributed by atoms with van der Waals surface area (Å²) in [5.41, 5.74) is 4.69. The van der Waals surface area contributed by atoms with Crippen LogP contribution in [0, 0.1) is 5.82 Å². The van der Waals surface area contributed by atoms with E-state index in [1.807, 2.05) is 0 Å². The maximum atomic E-state index is 13.8. The summed E-state index contributed by atoms with van der Waals surface area (Å²) in [4.78, 5) is 7.07. The van der Waals surface area contributed by atoms with Gasteiger partial charge in [-0.2, -0.15) is 0 Å². The number of rotatable bonds is 2. The molecule has 0 aliphatic rings. The van der Waals surface area contributed by atoms with Gasteiger partial charge in [0.1, 0.15) is 17.8 Å². The Morgan fingerprint density at radius 1 is 1.16 bits per heavy atom. The average Bonchev–Trinajstić information content (AvgIpc) is 2.34. The van der Waals surface area contributed by atoms with Gasteiger partial charge in [0, 0.05) is 5.56 Å². The maximum Gasteiger partial charge on any atom is 0.281 e. The summed E-state index contributed by atoms with van der Waals surface area (Å²) in [5.74, 6) is -0.764. The lowest BCUT2D eigenvalue weighted by Crippen LogP contribution is -1.99. The van der Waals surface area contributed by atoms with E-state index in [0.29, 0.717) is 0 Å². The Hall–Kier alpha value is -1.53. The fourth-order valence-corrected chi connectivity index (χ4v) is 1.90. The lowest BCUT2D eigenvalue weighted by Gasteiger charge is -2.09. The van der Waals surface area contributed by atoms with Crippen molar-refractivity contribution in [3.05, 3.63) is 40.0 Å². The van der Waals surface area contributed by atoms with Crippen molar-refractivity contribution in [2.45, 2.75) is 6.43 Å². The van der Waals surface area contributed by atoms with Gasteiger partial charge in [-0.3, -0.25) is 0 Å². The third kappa shape index (κ3) is 2.59. The highest BCUT2D eigenvalue weighted by molar-refractivity contribution is 6.34. The van der Waals surface area contributed by atoms with E-state index in [0.717, 1.165) is 12.4 Å². The van der Waals surface area contributed by atoms with Crippen molar-refractivity contribution in [3.63, 3.8) is 0 Å². The predicted octanol–water partition coefficient (Wildman–Crippen LogP) is 4.11. The molecule has 0 spiro atoms. The lowest BCUT2D eigenvalue weighted by molar-refractivity contribution is 0.146. The second kappa shape index (κ2) is 5.22. The molecule has 0 fully saturated rings. The second-order valence-corrected chi connectivity index (χ2v) is 4.36. The van der Waals surface area contributed by atoms with Gasteiger partial charge in [-0.15, -0.1) is 0 Å². The standard InChI is InChI=1S/C11H6Cl2F3N3/c12-5-2-6(14)4(1-7(5)17)9-8(13)10(11(15)16)19-3-18-9/h1-3,11H,17H2. The van der Waals surface area contributed by atoms with Crippen molar-refractivity contribution >= 4 is 28.9 Å². The van der Waals surface area contributed by atoms with Crippen molar-refractivity contribution in [2.75, 3.05) is 5.73 Å². The van der Waals surface area contributed by atoms with Gasteiger partial charge in [-0.25, -0.2) is 23.1 Å². The minimum absolute atomic E-state index is 0.0144. The minimum Gasteiger partial charge on any atom is -0.398 e. The molecule has 0 amide bonds. The van der Waals surface area contributed by atoms with Crippen molar-refractivity contribution < 1.29 is 13.2 Å². The zero-order chi connectivity index (χ0) is 14.2. The number of hydrogen-bond acceptors (Lipinski definition) is 3. The SMILES string of the molecule is Nc1cc(-c2ncnc(C(F)F)c2Cl)c(F)cc1Cl. The van der Waals surface area contributed by atoms with Gasteiger partial charge in [0.2, 0.25) is 0 Å². The number of anilines is 1. The second-order valence-electron chi connectivity index (χ2n) is 3.58. The smallest absolute Gasteiger partial charge is 0.281 e. The summed E-state index contributed by atoms with van der Waals surface area (Å²) >= 11 is 11.4. The zero-order valence-corrected chi connectivity index (χ0v) is 10.7. The van der Waals surface area contributed by atoms with Crippen LogP contribution in [0.2, 0.25) is 10.0 Å². The summed E-state index contributed by atoms with van der Waals surface area (Å²) in [6.07, 6.45) is -2.01. The van der Waals surface area contributed by atoms with E-state index in [9.17, 15) is 13.2 Å². The molecule has 0 radical (unpaired) electrons. The molecule has 0 atom stereocenters. The van der Waals surface area contributed by atoms with E-state index in [2.05, 4.69) is 9.97 Å². The monoisotopic (exact) mass is 307 g/mol. The molecular formula is C11H6Cl2F3N3. The van der Waals surface area contributed by atoms with Gasteiger partial charge < -0.3 is 5.73 Å². The lowest BCUT2D eigenvalue weighted by atomic mass is 10.1. The Bertz CT molecular complexity index is 635. The highest BCUT2D eigenvalue weighted by Crippen LogP contribution is 2.35. The topological polar surface area (TPSA) is 51.8 Å². The first-order valence-electron chi connectivity index (χ1n) is 4.95. The molecule has 3 nitrogen and oxygen atoms in total. The zero-order valence-electron chi connectivity index (χ0n) is 9.17. The van der Waals surface area contributed by atoms with Gasteiger partial charge in [0.15, 0.2) is 0 Å². The summed E-state index contributed by atoms with van der Waals surface area (Å²) in [5, 5.41) is -0.404. The molecular weight excluding hydrogens is 302 g/mol. The van der Waals surface area contributed by atoms with Crippen molar-refractivity contribution in [1.82, 2.24) is 9.97 Å². The number of nitrogens with two attached hydrogens (primary N) is 1. The van der Waals surface area contributed by atoms with Crippen molar-refractivity contribution in [1.29, 1.82) is 0 Å². The first kappa shape index (κ1) is 13.9. The van der Waals surface area contributed by atoms with E-state index in [1.54, 1.807) is 0 Å². The number of nitrogen functional groups attached to an aromatic ring is 1. The van der Waals surface area contributed by atoms with E-state index in [1.165, 1.54) is 6.07 Å². The number of alkyl halides is 2. The number of aromatic nitrogens is 2. The van der Waals surface area contributed by atoms with Crippen molar-refractivity contribution in [2.24, 2.45) is 0 Å². The fourth-order valence-electron chi connectivity index (χ4n) is 1.47. The molecule has 19 heavy (non-hydrogen) atoms. The van der Waals surface area contributed by atoms with Crippen LogP contribution in [0.15, 0.2) is 18.5 Å². The molecule has 0 bridgehead atoms. The Kier molecular flexibility index (Phi) is 3.82. The first-order chi connectivity index (χ1) is 8.91. The number of nitrogens with zero attached hydrogens (tertiary/aromatic N) is 2. The van der Waals surface area contributed by atoms with E-state index in [-0.39, 0.29) is 22.0 Å². The third-order valence-electron chi connectivity index (χ3n) is 2.36. The van der Waals surface area contributed by atoms with Crippen LogP contribution in [-0.4, -0.2) is 9.97 Å². The summed E-state index contributed by atoms with van der Waals surface area (Å²) in [6, 6.07) is 2.15. The molecule has 100 valence electrons. The molecule has 1 aromatic carbocycles. The van der Waals surface area contributed by atoms with Crippen LogP contribution in [0.3, 0.4) is 0 Å². The van der Waals surface area contributed by atoms with E-state index < -0.39 is 23.0 Å². The number of benzene rings is 1. The molecule has 8 heteroatoms. The molecule has 0 saturated carbocycles. The molecule has 0 aliphatic carbocycles. The predicted molar refractivity (Wildman–Crippen MR) is 66.8 cm³/mol. The minimum atomic E-state index is -2.89. The first-order valence-corrected chi connectivity index (χ1v) is 5.70. The van der Waals surface area contributed by atoms with Gasteiger partial charge in [0.05, 0.1) is 21.4 Å². The van der Waals surface area contributed by atoms with Gasteiger partial charge >= 0.3 is 0 Å². The molecule has 1 aromatic heterocycles. The number of hydrogen-bond donors (Lipinski definition) is 1. The maximum absolute atomic E-state index is 13.8. The molecule has 0 aliphatic heterocycles. The Morgan fingerprint density at radius 2 is 1.84 bits per heavy atom. The van der Waals surface area contributed by atoms with E-state index >= 15 is 0 Å². The van der Waals surface area contributed by atoms with Crippen molar-refractivity contribution in [3.8, 4) is 11.3 Å². The normalized spacial score (nSPS) is 11.1. The molecule has 0 unspecified atom stereocenters.